The molecule has 2 rings (SSSR count). The quantitative estimate of drug-likeness (QED) is 0.658. The second-order valence-corrected chi connectivity index (χ2v) is 4.41. The molecule has 1 heterocycles. The Hall–Kier alpha value is -0.670. The molecule has 0 unspecified atom stereocenters. The monoisotopic (exact) mass is 209 g/mol. The van der Waals surface area contributed by atoms with Gasteiger partial charge in [-0.25, -0.2) is 0 Å². The summed E-state index contributed by atoms with van der Waals surface area (Å²) >= 11 is 0. The second-order valence-electron chi connectivity index (χ2n) is 4.41. The van der Waals surface area contributed by atoms with Gasteiger partial charge in [-0.1, -0.05) is 19.4 Å². The minimum Gasteiger partial charge on any atom is -0.379 e. The molecule has 0 atom stereocenters. The molecule has 0 aromatic rings. The van der Waals surface area contributed by atoms with Crippen molar-refractivity contribution in [1.82, 2.24) is 4.90 Å². The number of ether oxygens (including phenoxy) is 1. The van der Waals surface area contributed by atoms with Crippen molar-refractivity contribution in [2.45, 2.75) is 31.2 Å². The molecule has 3 nitrogen and oxygen atoms in total. The summed E-state index contributed by atoms with van der Waals surface area (Å²) in [6.07, 6.45) is 5.82. The zero-order valence-corrected chi connectivity index (χ0v) is 9.21. The number of carbonyl (C=O) groups is 1. The minimum absolute atomic E-state index is 0.210. The van der Waals surface area contributed by atoms with Gasteiger partial charge in [0.25, 0.3) is 0 Å². The smallest absolute Gasteiger partial charge is 0.175 e. The fourth-order valence-electron chi connectivity index (χ4n) is 2.86. The van der Waals surface area contributed by atoms with E-state index in [1.165, 1.54) is 6.08 Å². The Morgan fingerprint density at radius 3 is 2.40 bits per heavy atom. The van der Waals surface area contributed by atoms with Crippen LogP contribution in [0.2, 0.25) is 0 Å². The average Bonchev–Trinajstić information content (AvgIpc) is 2.79. The van der Waals surface area contributed by atoms with Gasteiger partial charge in [0, 0.05) is 13.1 Å². The molecule has 1 aliphatic carbocycles. The van der Waals surface area contributed by atoms with E-state index in [9.17, 15) is 4.79 Å². The summed E-state index contributed by atoms with van der Waals surface area (Å²) in [5.41, 5.74) is -0.231. The molecule has 0 bridgehead atoms. The Morgan fingerprint density at radius 1 is 1.27 bits per heavy atom. The van der Waals surface area contributed by atoms with Gasteiger partial charge in [-0.2, -0.15) is 0 Å². The maximum atomic E-state index is 12.0. The number of morpholine rings is 1. The van der Waals surface area contributed by atoms with Crippen molar-refractivity contribution in [3.8, 4) is 0 Å². The third kappa shape index (κ3) is 1.86. The van der Waals surface area contributed by atoms with Crippen molar-refractivity contribution in [2.24, 2.45) is 0 Å². The van der Waals surface area contributed by atoms with Crippen LogP contribution in [0.25, 0.3) is 0 Å². The number of hydrogen-bond donors (Lipinski definition) is 0. The first-order valence-corrected chi connectivity index (χ1v) is 5.79. The maximum absolute atomic E-state index is 12.0. The molecule has 84 valence electrons. The van der Waals surface area contributed by atoms with Gasteiger partial charge in [0.2, 0.25) is 0 Å². The molecule has 2 aliphatic rings. The summed E-state index contributed by atoms with van der Waals surface area (Å²) in [6.45, 7) is 6.93. The highest BCUT2D eigenvalue weighted by molar-refractivity contribution is 5.97. The standard InChI is InChI=1S/C12H19NO2/c1-2-11(14)12(5-3-4-6-12)13-7-9-15-10-8-13/h2H,1,3-10H2. The number of hydrogen-bond acceptors (Lipinski definition) is 3. The average molecular weight is 209 g/mol. The zero-order chi connectivity index (χ0) is 10.7. The molecule has 1 saturated carbocycles. The summed E-state index contributed by atoms with van der Waals surface area (Å²) in [5.74, 6) is 0.210. The zero-order valence-electron chi connectivity index (χ0n) is 9.21. The second kappa shape index (κ2) is 4.45. The van der Waals surface area contributed by atoms with E-state index in [0.29, 0.717) is 0 Å². The first kappa shape index (κ1) is 10.8. The van der Waals surface area contributed by atoms with Gasteiger partial charge in [-0.3, -0.25) is 9.69 Å². The SMILES string of the molecule is C=CC(=O)C1(N2CCOCC2)CCCC1. The predicted molar refractivity (Wildman–Crippen MR) is 58.8 cm³/mol. The van der Waals surface area contributed by atoms with Gasteiger partial charge in [-0.15, -0.1) is 0 Å². The van der Waals surface area contributed by atoms with E-state index < -0.39 is 0 Å². The van der Waals surface area contributed by atoms with E-state index in [1.807, 2.05) is 0 Å². The fourth-order valence-corrected chi connectivity index (χ4v) is 2.86. The Morgan fingerprint density at radius 2 is 1.87 bits per heavy atom. The van der Waals surface area contributed by atoms with Crippen LogP contribution < -0.4 is 0 Å². The number of ketones is 1. The van der Waals surface area contributed by atoms with Crippen LogP contribution in [0.15, 0.2) is 12.7 Å². The molecule has 0 amide bonds. The lowest BCUT2D eigenvalue weighted by molar-refractivity contribution is -0.129. The molecule has 15 heavy (non-hydrogen) atoms. The molecular formula is C12H19NO2. The van der Waals surface area contributed by atoms with E-state index in [4.69, 9.17) is 4.74 Å². The van der Waals surface area contributed by atoms with E-state index in [0.717, 1.165) is 52.0 Å². The molecule has 0 spiro atoms. The minimum atomic E-state index is -0.231. The van der Waals surface area contributed by atoms with E-state index in [-0.39, 0.29) is 11.3 Å². The van der Waals surface area contributed by atoms with Gasteiger partial charge in [0.05, 0.1) is 18.8 Å². The number of rotatable bonds is 3. The Bertz CT molecular complexity index is 250. The lowest BCUT2D eigenvalue weighted by atomic mass is 9.89. The van der Waals surface area contributed by atoms with Crippen molar-refractivity contribution in [3.05, 3.63) is 12.7 Å². The highest BCUT2D eigenvalue weighted by Gasteiger charge is 2.44. The van der Waals surface area contributed by atoms with Gasteiger partial charge in [-0.05, 0) is 18.9 Å². The van der Waals surface area contributed by atoms with Crippen LogP contribution >= 0.6 is 0 Å². The summed E-state index contributed by atoms with van der Waals surface area (Å²) in [6, 6.07) is 0. The molecule has 2 fully saturated rings. The van der Waals surface area contributed by atoms with Crippen molar-refractivity contribution >= 4 is 5.78 Å². The molecule has 3 heteroatoms. The molecule has 0 N–H and O–H groups in total. The van der Waals surface area contributed by atoms with Gasteiger partial charge < -0.3 is 4.74 Å². The first-order chi connectivity index (χ1) is 7.29. The number of carbonyl (C=O) groups excluding carboxylic acids is 1. The molecule has 1 aliphatic heterocycles. The maximum Gasteiger partial charge on any atom is 0.175 e. The highest BCUT2D eigenvalue weighted by Crippen LogP contribution is 2.36. The normalized spacial score (nSPS) is 26.4. The van der Waals surface area contributed by atoms with Gasteiger partial charge >= 0.3 is 0 Å². The van der Waals surface area contributed by atoms with E-state index in [1.54, 1.807) is 0 Å². The highest BCUT2D eigenvalue weighted by atomic mass is 16.5. The van der Waals surface area contributed by atoms with E-state index in [2.05, 4.69) is 11.5 Å². The van der Waals surface area contributed by atoms with Crippen molar-refractivity contribution in [2.75, 3.05) is 26.3 Å². The Kier molecular flexibility index (Phi) is 3.22. The molecule has 1 saturated heterocycles. The van der Waals surface area contributed by atoms with Crippen LogP contribution in [0.3, 0.4) is 0 Å². The van der Waals surface area contributed by atoms with Gasteiger partial charge in [0.15, 0.2) is 5.78 Å². The first-order valence-electron chi connectivity index (χ1n) is 5.79. The van der Waals surface area contributed by atoms with Crippen LogP contribution in [0.4, 0.5) is 0 Å². The summed E-state index contributed by atoms with van der Waals surface area (Å²) in [4.78, 5) is 14.3. The topological polar surface area (TPSA) is 29.5 Å². The Labute approximate surface area is 91.1 Å². The molecule has 0 aromatic carbocycles. The Balaban J connectivity index is 2.16. The molecule has 0 aromatic heterocycles. The predicted octanol–water partition coefficient (Wildman–Crippen LogP) is 1.39. The summed E-state index contributed by atoms with van der Waals surface area (Å²) in [7, 11) is 0. The largest absolute Gasteiger partial charge is 0.379 e. The fraction of sp³-hybridized carbons (Fsp3) is 0.750. The lowest BCUT2D eigenvalue weighted by Gasteiger charge is -2.41. The van der Waals surface area contributed by atoms with Crippen molar-refractivity contribution in [1.29, 1.82) is 0 Å². The number of nitrogens with zero attached hydrogens (tertiary/aromatic N) is 1. The van der Waals surface area contributed by atoms with Crippen LogP contribution in [0, 0.1) is 0 Å². The van der Waals surface area contributed by atoms with Crippen molar-refractivity contribution < 1.29 is 9.53 Å². The molecular weight excluding hydrogens is 190 g/mol. The summed E-state index contributed by atoms with van der Waals surface area (Å²) in [5, 5.41) is 0. The van der Waals surface area contributed by atoms with Crippen LogP contribution in [0.1, 0.15) is 25.7 Å². The van der Waals surface area contributed by atoms with Crippen LogP contribution in [-0.4, -0.2) is 42.5 Å². The molecule has 0 radical (unpaired) electrons. The summed E-state index contributed by atoms with van der Waals surface area (Å²) < 4.78 is 5.34. The third-order valence-corrected chi connectivity index (χ3v) is 3.69. The van der Waals surface area contributed by atoms with Gasteiger partial charge in [0.1, 0.15) is 0 Å². The van der Waals surface area contributed by atoms with Crippen LogP contribution in [0.5, 0.6) is 0 Å². The van der Waals surface area contributed by atoms with Crippen molar-refractivity contribution in [3.63, 3.8) is 0 Å². The van der Waals surface area contributed by atoms with Crippen LogP contribution in [-0.2, 0) is 9.53 Å². The third-order valence-electron chi connectivity index (χ3n) is 3.69. The van der Waals surface area contributed by atoms with E-state index >= 15 is 0 Å². The lowest BCUT2D eigenvalue weighted by Crippen LogP contribution is -2.56.